The van der Waals surface area contributed by atoms with Crippen molar-refractivity contribution in [2.24, 2.45) is 0 Å². The van der Waals surface area contributed by atoms with E-state index in [4.69, 9.17) is 9.26 Å². The zero-order chi connectivity index (χ0) is 16.4. The Labute approximate surface area is 131 Å². The van der Waals surface area contributed by atoms with Crippen LogP contribution in [-0.4, -0.2) is 30.3 Å². The number of ether oxygens (including phenoxy) is 2. The van der Waals surface area contributed by atoms with Gasteiger partial charge in [0.25, 0.3) is 5.89 Å². The van der Waals surface area contributed by atoms with Crippen molar-refractivity contribution in [2.75, 3.05) is 14.2 Å². The normalized spacial score (nSPS) is 12.1. The van der Waals surface area contributed by atoms with Gasteiger partial charge in [-0.3, -0.25) is 0 Å². The van der Waals surface area contributed by atoms with Gasteiger partial charge in [-0.15, -0.1) is 0 Å². The van der Waals surface area contributed by atoms with Crippen LogP contribution in [0.25, 0.3) is 0 Å². The van der Waals surface area contributed by atoms with Gasteiger partial charge >= 0.3 is 5.97 Å². The second-order valence-electron chi connectivity index (χ2n) is 5.20. The molecular weight excluding hydrogens is 284 g/mol. The lowest BCUT2D eigenvalue weighted by Crippen LogP contribution is -2.14. The minimum atomic E-state index is -0.766. The number of aryl methyl sites for hydroxylation is 1. The largest absolute Gasteiger partial charge is 0.466 e. The van der Waals surface area contributed by atoms with E-state index < -0.39 is 12.1 Å². The van der Waals surface area contributed by atoms with Gasteiger partial charge < -0.3 is 14.0 Å². The summed E-state index contributed by atoms with van der Waals surface area (Å²) in [5, 5.41) is 3.93. The van der Waals surface area contributed by atoms with Crippen molar-refractivity contribution in [1.82, 2.24) is 10.1 Å². The molecule has 1 unspecified atom stereocenters. The van der Waals surface area contributed by atoms with E-state index in [0.717, 1.165) is 19.3 Å². The predicted molar refractivity (Wildman–Crippen MR) is 82.3 cm³/mol. The van der Waals surface area contributed by atoms with Crippen molar-refractivity contribution >= 4 is 5.97 Å². The molecule has 0 aliphatic heterocycles. The van der Waals surface area contributed by atoms with Crippen molar-refractivity contribution < 1.29 is 18.8 Å². The van der Waals surface area contributed by atoms with Gasteiger partial charge in [-0.05, 0) is 6.42 Å². The van der Waals surface area contributed by atoms with Crippen molar-refractivity contribution in [3.05, 3.63) is 23.9 Å². The highest BCUT2D eigenvalue weighted by Gasteiger charge is 2.26. The molecule has 1 heterocycles. The van der Waals surface area contributed by atoms with E-state index in [1.165, 1.54) is 39.9 Å². The molecule has 1 rings (SSSR count). The Morgan fingerprint density at radius 3 is 2.55 bits per heavy atom. The number of carbonyl (C=O) groups is 1. The first-order chi connectivity index (χ1) is 10.6. The third kappa shape index (κ3) is 5.60. The lowest BCUT2D eigenvalue weighted by atomic mass is 10.1. The van der Waals surface area contributed by atoms with Crippen molar-refractivity contribution in [3.8, 4) is 0 Å². The number of unbranched alkanes of at least 4 members (excludes halogenated alkanes) is 5. The molecule has 0 saturated heterocycles. The van der Waals surface area contributed by atoms with Crippen LogP contribution in [0, 0.1) is 0 Å². The van der Waals surface area contributed by atoms with E-state index in [-0.39, 0.29) is 11.5 Å². The van der Waals surface area contributed by atoms with Crippen LogP contribution >= 0.6 is 0 Å². The SMILES string of the molecule is C=C(C(=O)OC)C(OC)c1nc(CCCCCCCC)no1. The molecule has 1 atom stereocenters. The van der Waals surface area contributed by atoms with Crippen LogP contribution in [-0.2, 0) is 20.7 Å². The van der Waals surface area contributed by atoms with Gasteiger partial charge in [0.2, 0.25) is 0 Å². The van der Waals surface area contributed by atoms with Gasteiger partial charge in [0.1, 0.15) is 0 Å². The molecule has 22 heavy (non-hydrogen) atoms. The van der Waals surface area contributed by atoms with Crippen LogP contribution in [0.4, 0.5) is 0 Å². The molecule has 0 amide bonds. The second kappa shape index (κ2) is 10.1. The van der Waals surface area contributed by atoms with E-state index in [1.54, 1.807) is 0 Å². The summed E-state index contributed by atoms with van der Waals surface area (Å²) in [5.74, 6) is 0.312. The number of nitrogens with zero attached hydrogens (tertiary/aromatic N) is 2. The van der Waals surface area contributed by atoms with Crippen LogP contribution in [0.2, 0.25) is 0 Å². The molecule has 0 aliphatic carbocycles. The van der Waals surface area contributed by atoms with Gasteiger partial charge in [-0.25, -0.2) is 4.79 Å². The minimum Gasteiger partial charge on any atom is -0.466 e. The van der Waals surface area contributed by atoms with E-state index >= 15 is 0 Å². The molecule has 0 fully saturated rings. The van der Waals surface area contributed by atoms with Gasteiger partial charge in [-0.1, -0.05) is 50.8 Å². The molecule has 0 N–H and O–H groups in total. The Morgan fingerprint density at radius 1 is 1.23 bits per heavy atom. The van der Waals surface area contributed by atoms with Gasteiger partial charge in [0.15, 0.2) is 11.9 Å². The molecule has 1 aromatic rings. The average Bonchev–Trinajstić information content (AvgIpc) is 2.99. The number of methoxy groups -OCH3 is 2. The fraction of sp³-hybridized carbons (Fsp3) is 0.688. The average molecular weight is 310 g/mol. The smallest absolute Gasteiger partial charge is 0.336 e. The standard InChI is InChI=1S/C16H26N2O4/c1-5-6-7-8-9-10-11-13-17-15(22-18-13)14(20-3)12(2)16(19)21-4/h14H,2,5-11H2,1,3-4H3. The van der Waals surface area contributed by atoms with E-state index in [0.29, 0.717) is 5.82 Å². The molecule has 0 aromatic carbocycles. The zero-order valence-electron chi connectivity index (χ0n) is 13.8. The summed E-state index contributed by atoms with van der Waals surface area (Å²) in [5.41, 5.74) is 0.139. The fourth-order valence-electron chi connectivity index (χ4n) is 2.17. The van der Waals surface area contributed by atoms with Crippen LogP contribution in [0.15, 0.2) is 16.7 Å². The highest BCUT2D eigenvalue weighted by molar-refractivity contribution is 5.88. The first-order valence-electron chi connectivity index (χ1n) is 7.76. The van der Waals surface area contributed by atoms with E-state index in [1.807, 2.05) is 0 Å². The summed E-state index contributed by atoms with van der Waals surface area (Å²) >= 11 is 0. The summed E-state index contributed by atoms with van der Waals surface area (Å²) in [7, 11) is 2.74. The number of hydrogen-bond acceptors (Lipinski definition) is 6. The highest BCUT2D eigenvalue weighted by atomic mass is 16.5. The number of hydrogen-bond donors (Lipinski definition) is 0. The summed E-state index contributed by atoms with van der Waals surface area (Å²) in [6.07, 6.45) is 7.23. The van der Waals surface area contributed by atoms with E-state index in [2.05, 4.69) is 28.4 Å². The Hall–Kier alpha value is -1.69. The summed E-state index contributed by atoms with van der Waals surface area (Å²) in [6.45, 7) is 5.86. The van der Waals surface area contributed by atoms with Crippen molar-refractivity contribution in [2.45, 2.75) is 58.0 Å². The molecule has 6 nitrogen and oxygen atoms in total. The Kier molecular flexibility index (Phi) is 8.43. The molecule has 0 saturated carbocycles. The molecule has 0 spiro atoms. The van der Waals surface area contributed by atoms with Crippen molar-refractivity contribution in [3.63, 3.8) is 0 Å². The Bertz CT molecular complexity index is 470. The lowest BCUT2D eigenvalue weighted by Gasteiger charge is -2.11. The molecular formula is C16H26N2O4. The van der Waals surface area contributed by atoms with Crippen LogP contribution in [0.5, 0.6) is 0 Å². The topological polar surface area (TPSA) is 74.5 Å². The first kappa shape index (κ1) is 18.4. The van der Waals surface area contributed by atoms with Crippen molar-refractivity contribution in [1.29, 1.82) is 0 Å². The Morgan fingerprint density at radius 2 is 1.91 bits per heavy atom. The van der Waals surface area contributed by atoms with Gasteiger partial charge in [0, 0.05) is 13.5 Å². The summed E-state index contributed by atoms with van der Waals surface area (Å²) < 4.78 is 15.0. The lowest BCUT2D eigenvalue weighted by molar-refractivity contribution is -0.137. The predicted octanol–water partition coefficient (Wildman–Crippen LogP) is 3.39. The molecule has 0 bridgehead atoms. The quantitative estimate of drug-likeness (QED) is 0.354. The molecule has 0 radical (unpaired) electrons. The molecule has 1 aromatic heterocycles. The summed E-state index contributed by atoms with van der Waals surface area (Å²) in [4.78, 5) is 15.8. The van der Waals surface area contributed by atoms with Crippen LogP contribution in [0.1, 0.15) is 63.3 Å². The molecule has 6 heteroatoms. The molecule has 124 valence electrons. The molecule has 0 aliphatic rings. The number of carbonyl (C=O) groups excluding carboxylic acids is 1. The highest BCUT2D eigenvalue weighted by Crippen LogP contribution is 2.23. The number of aromatic nitrogens is 2. The maximum Gasteiger partial charge on any atom is 0.336 e. The third-order valence-corrected chi connectivity index (χ3v) is 3.46. The number of rotatable bonds is 11. The van der Waals surface area contributed by atoms with Gasteiger partial charge in [0.05, 0.1) is 12.7 Å². The Balaban J connectivity index is 2.48. The monoisotopic (exact) mass is 310 g/mol. The third-order valence-electron chi connectivity index (χ3n) is 3.46. The fourth-order valence-corrected chi connectivity index (χ4v) is 2.17. The van der Waals surface area contributed by atoms with Gasteiger partial charge in [-0.2, -0.15) is 4.98 Å². The number of esters is 1. The maximum atomic E-state index is 11.5. The summed E-state index contributed by atoms with van der Waals surface area (Å²) in [6, 6.07) is 0. The first-order valence-corrected chi connectivity index (χ1v) is 7.76. The van der Waals surface area contributed by atoms with Crippen LogP contribution in [0.3, 0.4) is 0 Å². The van der Waals surface area contributed by atoms with Crippen LogP contribution < -0.4 is 0 Å². The zero-order valence-corrected chi connectivity index (χ0v) is 13.8. The maximum absolute atomic E-state index is 11.5. The van der Waals surface area contributed by atoms with E-state index in [9.17, 15) is 4.79 Å². The second-order valence-corrected chi connectivity index (χ2v) is 5.20. The minimum absolute atomic E-state index is 0.139.